The molecule has 0 radical (unpaired) electrons. The van der Waals surface area contributed by atoms with Gasteiger partial charge >= 0.3 is 0 Å². The van der Waals surface area contributed by atoms with E-state index in [0.717, 1.165) is 5.56 Å². The Hall–Kier alpha value is -1.59. The van der Waals surface area contributed by atoms with Gasteiger partial charge in [0.15, 0.2) is 0 Å². The van der Waals surface area contributed by atoms with Crippen molar-refractivity contribution in [3.8, 4) is 0 Å². The molecule has 0 saturated carbocycles. The van der Waals surface area contributed by atoms with Crippen LogP contribution in [0.5, 0.6) is 0 Å². The van der Waals surface area contributed by atoms with Crippen LogP contribution in [-0.4, -0.2) is 49.6 Å². The number of ether oxygens (including phenoxy) is 1. The van der Waals surface area contributed by atoms with Gasteiger partial charge in [0.1, 0.15) is 0 Å². The molecule has 1 unspecified atom stereocenters. The molecule has 124 valence electrons. The fraction of sp³-hybridized carbons (Fsp3) is 0.529. The number of hydrogen-bond acceptors (Lipinski definition) is 3. The minimum absolute atomic E-state index is 0.0537. The number of likely N-dealkylation sites (N-methyl/N-ethyl adjacent to an activating group) is 1. The summed E-state index contributed by atoms with van der Waals surface area (Å²) in [5, 5.41) is 3.66. The summed E-state index contributed by atoms with van der Waals surface area (Å²) < 4.78 is 5.45. The first kappa shape index (κ1) is 16.3. The number of likely N-dealkylation sites (tertiary alicyclic amines) is 1. The zero-order chi connectivity index (χ0) is 16.4. The highest BCUT2D eigenvalue weighted by molar-refractivity contribution is 6.31. The van der Waals surface area contributed by atoms with Gasteiger partial charge in [-0.1, -0.05) is 29.8 Å². The minimum atomic E-state index is -0.680. The van der Waals surface area contributed by atoms with E-state index in [4.69, 9.17) is 16.3 Å². The number of benzene rings is 1. The van der Waals surface area contributed by atoms with Gasteiger partial charge in [0.25, 0.3) is 0 Å². The monoisotopic (exact) mass is 336 g/mol. The van der Waals surface area contributed by atoms with Gasteiger partial charge in [0.05, 0.1) is 11.5 Å². The molecule has 23 heavy (non-hydrogen) atoms. The average Bonchev–Trinajstić information content (AvgIpc) is 2.86. The van der Waals surface area contributed by atoms with Crippen molar-refractivity contribution >= 4 is 23.4 Å². The third-order valence-electron chi connectivity index (χ3n) is 4.85. The van der Waals surface area contributed by atoms with Gasteiger partial charge in [-0.05, 0) is 24.5 Å². The first-order valence-electron chi connectivity index (χ1n) is 7.90. The molecule has 0 aliphatic carbocycles. The predicted octanol–water partition coefficient (Wildman–Crippen LogP) is 1.74. The Morgan fingerprint density at radius 1 is 1.35 bits per heavy atom. The summed E-state index contributed by atoms with van der Waals surface area (Å²) >= 11 is 6.37. The van der Waals surface area contributed by atoms with Gasteiger partial charge in [-0.2, -0.15) is 0 Å². The summed E-state index contributed by atoms with van der Waals surface area (Å²) in [4.78, 5) is 26.4. The van der Waals surface area contributed by atoms with Crippen LogP contribution in [0.25, 0.3) is 0 Å². The Balaban J connectivity index is 1.86. The van der Waals surface area contributed by atoms with Crippen LogP contribution in [0.3, 0.4) is 0 Å². The number of hydrogen-bond donors (Lipinski definition) is 1. The fourth-order valence-corrected chi connectivity index (χ4v) is 3.79. The SMILES string of the molecule is CN1CC(NC(=O)C2(c3ccccc3Cl)CCOCC2)CC1=O. The zero-order valence-corrected chi connectivity index (χ0v) is 13.9. The van der Waals surface area contributed by atoms with Crippen LogP contribution in [0.15, 0.2) is 24.3 Å². The molecule has 2 amide bonds. The first-order chi connectivity index (χ1) is 11.0. The second-order valence-electron chi connectivity index (χ2n) is 6.32. The number of carbonyl (C=O) groups excluding carboxylic acids is 2. The summed E-state index contributed by atoms with van der Waals surface area (Å²) in [6, 6.07) is 7.36. The molecule has 2 heterocycles. The topological polar surface area (TPSA) is 58.6 Å². The smallest absolute Gasteiger partial charge is 0.231 e. The molecule has 3 rings (SSSR count). The normalized spacial score (nSPS) is 23.8. The highest BCUT2D eigenvalue weighted by Gasteiger charge is 2.44. The Morgan fingerprint density at radius 2 is 2.04 bits per heavy atom. The Morgan fingerprint density at radius 3 is 2.65 bits per heavy atom. The number of nitrogens with one attached hydrogen (secondary N) is 1. The van der Waals surface area contributed by atoms with Crippen molar-refractivity contribution in [3.63, 3.8) is 0 Å². The minimum Gasteiger partial charge on any atom is -0.381 e. The van der Waals surface area contributed by atoms with Gasteiger partial charge in [0, 0.05) is 38.2 Å². The molecule has 0 aromatic heterocycles. The van der Waals surface area contributed by atoms with E-state index in [2.05, 4.69) is 5.32 Å². The van der Waals surface area contributed by atoms with E-state index < -0.39 is 5.41 Å². The van der Waals surface area contributed by atoms with Crippen molar-refractivity contribution in [2.24, 2.45) is 0 Å². The summed E-state index contributed by atoms with van der Waals surface area (Å²) in [5.41, 5.74) is 0.168. The highest BCUT2D eigenvalue weighted by atomic mass is 35.5. The Kier molecular flexibility index (Phi) is 4.60. The van der Waals surface area contributed by atoms with E-state index >= 15 is 0 Å². The van der Waals surface area contributed by atoms with Gasteiger partial charge in [-0.15, -0.1) is 0 Å². The van der Waals surface area contributed by atoms with Crippen molar-refractivity contribution in [3.05, 3.63) is 34.9 Å². The lowest BCUT2D eigenvalue weighted by molar-refractivity contribution is -0.131. The maximum Gasteiger partial charge on any atom is 0.231 e. The summed E-state index contributed by atoms with van der Waals surface area (Å²) in [6.45, 7) is 1.62. The average molecular weight is 337 g/mol. The second kappa shape index (κ2) is 6.49. The molecular weight excluding hydrogens is 316 g/mol. The molecule has 2 aliphatic rings. The van der Waals surface area contributed by atoms with E-state index in [-0.39, 0.29) is 17.9 Å². The lowest BCUT2D eigenvalue weighted by atomic mass is 9.73. The van der Waals surface area contributed by atoms with Crippen LogP contribution in [0.1, 0.15) is 24.8 Å². The van der Waals surface area contributed by atoms with E-state index in [1.54, 1.807) is 11.9 Å². The van der Waals surface area contributed by atoms with E-state index in [1.165, 1.54) is 0 Å². The van der Waals surface area contributed by atoms with E-state index in [9.17, 15) is 9.59 Å². The Labute approximate surface area is 140 Å². The Bertz CT molecular complexity index is 614. The number of rotatable bonds is 3. The van der Waals surface area contributed by atoms with Crippen LogP contribution < -0.4 is 5.32 Å². The number of amides is 2. The first-order valence-corrected chi connectivity index (χ1v) is 8.28. The van der Waals surface area contributed by atoms with Gasteiger partial charge in [-0.3, -0.25) is 9.59 Å². The fourth-order valence-electron chi connectivity index (χ4n) is 3.47. The van der Waals surface area contributed by atoms with Crippen molar-refractivity contribution < 1.29 is 14.3 Å². The van der Waals surface area contributed by atoms with E-state index in [1.807, 2.05) is 24.3 Å². The maximum absolute atomic E-state index is 13.1. The molecule has 1 aromatic carbocycles. The van der Waals surface area contributed by atoms with Crippen molar-refractivity contribution in [2.45, 2.75) is 30.7 Å². The molecule has 2 aliphatic heterocycles. The van der Waals surface area contributed by atoms with Gasteiger partial charge in [0.2, 0.25) is 11.8 Å². The lowest BCUT2D eigenvalue weighted by Crippen LogP contribution is -2.51. The number of carbonyl (C=O) groups is 2. The third kappa shape index (κ3) is 3.08. The van der Waals surface area contributed by atoms with Crippen molar-refractivity contribution in [1.29, 1.82) is 0 Å². The van der Waals surface area contributed by atoms with Crippen LogP contribution in [0.2, 0.25) is 5.02 Å². The van der Waals surface area contributed by atoms with Crippen LogP contribution in [0, 0.1) is 0 Å². The zero-order valence-electron chi connectivity index (χ0n) is 13.2. The predicted molar refractivity (Wildman–Crippen MR) is 87.4 cm³/mol. The van der Waals surface area contributed by atoms with Crippen molar-refractivity contribution in [2.75, 3.05) is 26.8 Å². The van der Waals surface area contributed by atoms with Crippen LogP contribution >= 0.6 is 11.6 Å². The number of halogens is 1. The molecule has 1 atom stereocenters. The van der Waals surface area contributed by atoms with Gasteiger partial charge < -0.3 is 15.0 Å². The third-order valence-corrected chi connectivity index (χ3v) is 5.18. The molecular formula is C17H21ClN2O3. The number of nitrogens with zero attached hydrogens (tertiary/aromatic N) is 1. The highest BCUT2D eigenvalue weighted by Crippen LogP contribution is 2.39. The molecule has 5 nitrogen and oxygen atoms in total. The van der Waals surface area contributed by atoms with Crippen LogP contribution in [-0.2, 0) is 19.7 Å². The van der Waals surface area contributed by atoms with E-state index in [0.29, 0.717) is 44.0 Å². The van der Waals surface area contributed by atoms with Crippen molar-refractivity contribution in [1.82, 2.24) is 10.2 Å². The summed E-state index contributed by atoms with van der Waals surface area (Å²) in [6.07, 6.45) is 1.55. The molecule has 2 fully saturated rings. The maximum atomic E-state index is 13.1. The van der Waals surface area contributed by atoms with Crippen LogP contribution in [0.4, 0.5) is 0 Å². The summed E-state index contributed by atoms with van der Waals surface area (Å²) in [5.74, 6) is 0.0103. The molecule has 0 spiro atoms. The summed E-state index contributed by atoms with van der Waals surface area (Å²) in [7, 11) is 1.76. The lowest BCUT2D eigenvalue weighted by Gasteiger charge is -2.37. The molecule has 0 bridgehead atoms. The molecule has 1 aromatic rings. The molecule has 2 saturated heterocycles. The second-order valence-corrected chi connectivity index (χ2v) is 6.73. The quantitative estimate of drug-likeness (QED) is 0.914. The standard InChI is InChI=1S/C17H21ClN2O3/c1-20-11-12(10-15(20)21)19-16(22)17(6-8-23-9-7-17)13-4-2-3-5-14(13)18/h2-5,12H,6-11H2,1H3,(H,19,22). The van der Waals surface area contributed by atoms with Gasteiger partial charge in [-0.25, -0.2) is 0 Å². The molecule has 6 heteroatoms. The molecule has 1 N–H and O–H groups in total. The largest absolute Gasteiger partial charge is 0.381 e.